The highest BCUT2D eigenvalue weighted by molar-refractivity contribution is 5.77. The molecule has 3 rings (SSSR count). The van der Waals surface area contributed by atoms with Crippen LogP contribution in [0, 0.1) is 5.92 Å². The van der Waals surface area contributed by atoms with E-state index in [1.54, 1.807) is 0 Å². The van der Waals surface area contributed by atoms with Crippen LogP contribution in [0.3, 0.4) is 0 Å². The van der Waals surface area contributed by atoms with E-state index in [-0.39, 0.29) is 18.4 Å². The molecule has 4 nitrogen and oxygen atoms in total. The van der Waals surface area contributed by atoms with E-state index in [0.29, 0.717) is 0 Å². The average Bonchev–Trinajstić information content (AvgIpc) is 2.75. The van der Waals surface area contributed by atoms with Crippen molar-refractivity contribution in [2.24, 2.45) is 5.92 Å². The molecule has 0 saturated carbocycles. The standard InChI is InChI=1S/C15H17NO3/c1-10(16-8-11(9-16)6-15(17)18)14-7-12-4-2-3-5-13(12)19-14/h2-5,7,10-11H,6,8-9H2,1H3,(H,17,18). The van der Waals surface area contributed by atoms with E-state index in [2.05, 4.69) is 17.9 Å². The minimum atomic E-state index is -0.707. The minimum Gasteiger partial charge on any atom is -0.481 e. The highest BCUT2D eigenvalue weighted by Crippen LogP contribution is 2.32. The van der Waals surface area contributed by atoms with Crippen molar-refractivity contribution in [1.29, 1.82) is 0 Å². The number of benzene rings is 1. The number of para-hydroxylation sites is 1. The Hall–Kier alpha value is -1.81. The second-order valence-electron chi connectivity index (χ2n) is 5.28. The van der Waals surface area contributed by atoms with Crippen molar-refractivity contribution in [3.05, 3.63) is 36.1 Å². The molecule has 1 aliphatic rings. The number of fused-ring (bicyclic) bond motifs is 1. The highest BCUT2D eigenvalue weighted by atomic mass is 16.4. The van der Waals surface area contributed by atoms with Crippen LogP contribution in [0.25, 0.3) is 11.0 Å². The summed E-state index contributed by atoms with van der Waals surface area (Å²) < 4.78 is 5.85. The largest absolute Gasteiger partial charge is 0.481 e. The molecule has 0 spiro atoms. The van der Waals surface area contributed by atoms with Gasteiger partial charge in [0.15, 0.2) is 0 Å². The first-order valence-corrected chi connectivity index (χ1v) is 6.58. The SMILES string of the molecule is CC(c1cc2ccccc2o1)N1CC(CC(=O)O)C1. The molecule has 2 heterocycles. The summed E-state index contributed by atoms with van der Waals surface area (Å²) in [5.74, 6) is 0.528. The van der Waals surface area contributed by atoms with Gasteiger partial charge in [0.2, 0.25) is 0 Å². The van der Waals surface area contributed by atoms with Crippen molar-refractivity contribution in [2.75, 3.05) is 13.1 Å². The number of carbonyl (C=O) groups is 1. The van der Waals surface area contributed by atoms with Gasteiger partial charge in [-0.05, 0) is 25.0 Å². The van der Waals surface area contributed by atoms with Gasteiger partial charge in [-0.15, -0.1) is 0 Å². The van der Waals surface area contributed by atoms with Gasteiger partial charge in [-0.3, -0.25) is 9.69 Å². The Morgan fingerprint density at radius 3 is 2.89 bits per heavy atom. The monoisotopic (exact) mass is 259 g/mol. The van der Waals surface area contributed by atoms with E-state index in [9.17, 15) is 4.79 Å². The Bertz CT molecular complexity index is 565. The number of nitrogens with zero attached hydrogens (tertiary/aromatic N) is 1. The molecule has 100 valence electrons. The quantitative estimate of drug-likeness (QED) is 0.917. The maximum absolute atomic E-state index is 10.6. The van der Waals surface area contributed by atoms with E-state index >= 15 is 0 Å². The molecule has 1 fully saturated rings. The number of furan rings is 1. The lowest BCUT2D eigenvalue weighted by Crippen LogP contribution is -2.48. The van der Waals surface area contributed by atoms with Gasteiger partial charge in [0.25, 0.3) is 0 Å². The molecule has 19 heavy (non-hydrogen) atoms. The third kappa shape index (κ3) is 2.36. The minimum absolute atomic E-state index is 0.206. The second-order valence-corrected chi connectivity index (χ2v) is 5.28. The van der Waals surface area contributed by atoms with Crippen molar-refractivity contribution in [3.8, 4) is 0 Å². The van der Waals surface area contributed by atoms with E-state index in [0.717, 1.165) is 29.8 Å². The summed E-state index contributed by atoms with van der Waals surface area (Å²) in [6.45, 7) is 3.78. The Morgan fingerprint density at radius 1 is 1.47 bits per heavy atom. The van der Waals surface area contributed by atoms with Gasteiger partial charge in [0.1, 0.15) is 11.3 Å². The average molecular weight is 259 g/mol. The van der Waals surface area contributed by atoms with Crippen LogP contribution in [0.4, 0.5) is 0 Å². The number of carboxylic acid groups (broad SMARTS) is 1. The molecule has 1 aromatic heterocycles. The second kappa shape index (κ2) is 4.70. The number of hydrogen-bond acceptors (Lipinski definition) is 3. The van der Waals surface area contributed by atoms with Gasteiger partial charge in [0, 0.05) is 18.5 Å². The third-order valence-electron chi connectivity index (χ3n) is 3.85. The van der Waals surface area contributed by atoms with Gasteiger partial charge in [-0.25, -0.2) is 0 Å². The van der Waals surface area contributed by atoms with Crippen molar-refractivity contribution in [2.45, 2.75) is 19.4 Å². The molecule has 2 aromatic rings. The maximum Gasteiger partial charge on any atom is 0.303 e. The Morgan fingerprint density at radius 2 is 2.21 bits per heavy atom. The van der Waals surface area contributed by atoms with Crippen molar-refractivity contribution < 1.29 is 14.3 Å². The molecule has 1 N–H and O–H groups in total. The number of likely N-dealkylation sites (tertiary alicyclic amines) is 1. The fraction of sp³-hybridized carbons (Fsp3) is 0.400. The predicted octanol–water partition coefficient (Wildman–Crippen LogP) is 2.90. The van der Waals surface area contributed by atoms with Crippen LogP contribution in [0.2, 0.25) is 0 Å². The lowest BCUT2D eigenvalue weighted by atomic mass is 9.94. The zero-order valence-electron chi connectivity index (χ0n) is 10.9. The fourth-order valence-electron chi connectivity index (χ4n) is 2.69. The van der Waals surface area contributed by atoms with Gasteiger partial charge < -0.3 is 9.52 Å². The van der Waals surface area contributed by atoms with Gasteiger partial charge in [0.05, 0.1) is 12.5 Å². The van der Waals surface area contributed by atoms with Crippen LogP contribution in [-0.4, -0.2) is 29.1 Å². The van der Waals surface area contributed by atoms with Crippen LogP contribution in [0.15, 0.2) is 34.7 Å². The molecule has 1 aromatic carbocycles. The number of aliphatic carboxylic acids is 1. The first kappa shape index (κ1) is 12.2. The summed E-state index contributed by atoms with van der Waals surface area (Å²) in [4.78, 5) is 12.9. The number of rotatable bonds is 4. The summed E-state index contributed by atoms with van der Waals surface area (Å²) in [7, 11) is 0. The molecule has 1 atom stereocenters. The zero-order chi connectivity index (χ0) is 13.4. The maximum atomic E-state index is 10.6. The molecule has 0 bridgehead atoms. The van der Waals surface area contributed by atoms with Crippen molar-refractivity contribution in [1.82, 2.24) is 4.90 Å². The van der Waals surface area contributed by atoms with Crippen molar-refractivity contribution in [3.63, 3.8) is 0 Å². The van der Waals surface area contributed by atoms with E-state index < -0.39 is 5.97 Å². The molecule has 1 saturated heterocycles. The van der Waals surface area contributed by atoms with Crippen molar-refractivity contribution >= 4 is 16.9 Å². The first-order chi connectivity index (χ1) is 9.13. The Kier molecular flexibility index (Phi) is 3.03. The predicted molar refractivity (Wildman–Crippen MR) is 71.9 cm³/mol. The molecule has 0 aliphatic carbocycles. The van der Waals surface area contributed by atoms with E-state index in [4.69, 9.17) is 9.52 Å². The molecule has 4 heteroatoms. The van der Waals surface area contributed by atoms with Crippen LogP contribution in [0.5, 0.6) is 0 Å². The van der Waals surface area contributed by atoms with Gasteiger partial charge in [-0.1, -0.05) is 18.2 Å². The number of hydrogen-bond donors (Lipinski definition) is 1. The first-order valence-electron chi connectivity index (χ1n) is 6.58. The topological polar surface area (TPSA) is 53.7 Å². The summed E-state index contributed by atoms with van der Waals surface area (Å²) in [5, 5.41) is 9.87. The van der Waals surface area contributed by atoms with Crippen LogP contribution < -0.4 is 0 Å². The van der Waals surface area contributed by atoms with Crippen LogP contribution >= 0.6 is 0 Å². The third-order valence-corrected chi connectivity index (χ3v) is 3.85. The smallest absolute Gasteiger partial charge is 0.303 e. The van der Waals surface area contributed by atoms with Crippen LogP contribution in [0.1, 0.15) is 25.1 Å². The molecular weight excluding hydrogens is 242 g/mol. The van der Waals surface area contributed by atoms with E-state index in [1.165, 1.54) is 0 Å². The summed E-state index contributed by atoms with van der Waals surface area (Å²) >= 11 is 0. The molecule has 1 unspecified atom stereocenters. The lowest BCUT2D eigenvalue weighted by molar-refractivity contribution is -0.139. The van der Waals surface area contributed by atoms with Gasteiger partial charge >= 0.3 is 5.97 Å². The molecule has 0 amide bonds. The highest BCUT2D eigenvalue weighted by Gasteiger charge is 2.33. The van der Waals surface area contributed by atoms with Gasteiger partial charge in [-0.2, -0.15) is 0 Å². The molecular formula is C15H17NO3. The number of carboxylic acids is 1. The Labute approximate surface area is 111 Å². The summed E-state index contributed by atoms with van der Waals surface area (Å²) in [6, 6.07) is 10.3. The summed E-state index contributed by atoms with van der Waals surface area (Å²) in [6.07, 6.45) is 0.267. The zero-order valence-corrected chi connectivity index (χ0v) is 10.9. The summed E-state index contributed by atoms with van der Waals surface area (Å²) in [5.41, 5.74) is 0.909. The lowest BCUT2D eigenvalue weighted by Gasteiger charge is -2.41. The van der Waals surface area contributed by atoms with Crippen LogP contribution in [-0.2, 0) is 4.79 Å². The molecule has 1 aliphatic heterocycles. The van der Waals surface area contributed by atoms with E-state index in [1.807, 2.05) is 24.3 Å². The Balaban J connectivity index is 1.68. The molecule has 0 radical (unpaired) electrons. The normalized spacial score (nSPS) is 18.4. The fourth-order valence-corrected chi connectivity index (χ4v) is 2.69.